The molecule has 2 rings (SSSR count). The Bertz CT molecular complexity index is 616. The van der Waals surface area contributed by atoms with Gasteiger partial charge in [0.15, 0.2) is 6.73 Å². The van der Waals surface area contributed by atoms with E-state index in [9.17, 15) is 14.4 Å². The van der Waals surface area contributed by atoms with E-state index in [0.29, 0.717) is 6.61 Å². The average molecular weight is 333 g/mol. The molecule has 0 aliphatic carbocycles. The van der Waals surface area contributed by atoms with Gasteiger partial charge in [0.25, 0.3) is 5.56 Å². The van der Waals surface area contributed by atoms with Gasteiger partial charge in [0.1, 0.15) is 6.10 Å². The number of esters is 1. The third kappa shape index (κ3) is 2.95. The van der Waals surface area contributed by atoms with Crippen molar-refractivity contribution in [2.75, 3.05) is 6.61 Å². The molecule has 0 bridgehead atoms. The molecule has 8 heteroatoms. The maximum absolute atomic E-state index is 12.2. The fraction of sp³-hybridized carbons (Fsp3) is 0.545. The van der Waals surface area contributed by atoms with E-state index in [4.69, 9.17) is 9.47 Å². The zero-order chi connectivity index (χ0) is 14.2. The third-order valence-electron chi connectivity index (χ3n) is 2.86. The summed E-state index contributed by atoms with van der Waals surface area (Å²) in [6.07, 6.45) is 1.19. The summed E-state index contributed by atoms with van der Waals surface area (Å²) in [4.78, 5) is 35.0. The van der Waals surface area contributed by atoms with Gasteiger partial charge in [-0.3, -0.25) is 18.7 Å². The van der Waals surface area contributed by atoms with Crippen molar-refractivity contribution in [3.8, 4) is 0 Å². The fourth-order valence-corrected chi connectivity index (χ4v) is 2.14. The number of carbonyl (C=O) groups excluding carboxylic acids is 1. The van der Waals surface area contributed by atoms with Gasteiger partial charge in [0.05, 0.1) is 17.1 Å². The molecule has 104 valence electrons. The minimum absolute atomic E-state index is 0.123. The van der Waals surface area contributed by atoms with Gasteiger partial charge >= 0.3 is 11.7 Å². The van der Waals surface area contributed by atoms with Crippen LogP contribution in [0.2, 0.25) is 0 Å². The fourth-order valence-electron chi connectivity index (χ4n) is 1.70. The van der Waals surface area contributed by atoms with Crippen molar-refractivity contribution in [3.63, 3.8) is 0 Å². The van der Waals surface area contributed by atoms with Crippen LogP contribution in [0.15, 0.2) is 20.3 Å². The number of hydrogen-bond acceptors (Lipinski definition) is 5. The molecule has 2 atom stereocenters. The van der Waals surface area contributed by atoms with Crippen LogP contribution in [-0.2, 0) is 21.0 Å². The lowest BCUT2D eigenvalue weighted by molar-refractivity contribution is -0.144. The van der Waals surface area contributed by atoms with E-state index in [-0.39, 0.29) is 23.3 Å². The first-order valence-electron chi connectivity index (χ1n) is 5.68. The van der Waals surface area contributed by atoms with Gasteiger partial charge < -0.3 is 9.47 Å². The van der Waals surface area contributed by atoms with Crippen LogP contribution in [0.5, 0.6) is 0 Å². The Morgan fingerprint density at radius 3 is 2.79 bits per heavy atom. The van der Waals surface area contributed by atoms with Crippen molar-refractivity contribution in [2.24, 2.45) is 0 Å². The van der Waals surface area contributed by atoms with E-state index in [0.717, 1.165) is 9.13 Å². The normalized spacial score (nSPS) is 19.0. The highest BCUT2D eigenvalue weighted by molar-refractivity contribution is 9.10. The summed E-state index contributed by atoms with van der Waals surface area (Å²) < 4.78 is 12.4. The van der Waals surface area contributed by atoms with Crippen molar-refractivity contribution < 1.29 is 14.3 Å². The second-order valence-corrected chi connectivity index (χ2v) is 5.14. The first-order valence-corrected chi connectivity index (χ1v) is 6.47. The highest BCUT2D eigenvalue weighted by atomic mass is 79.9. The molecule has 0 spiro atoms. The van der Waals surface area contributed by atoms with Gasteiger partial charge in [0.2, 0.25) is 0 Å². The standard InChI is InChI=1S/C11H13BrN2O5/c1-6(9-4-18-9)14-10(16)8(12)3-13(11(14)17)5-19-7(2)15/h3,6,9H,4-5H2,1-2H3/t6-,9?/m0/s1. The van der Waals surface area contributed by atoms with Crippen molar-refractivity contribution >= 4 is 21.9 Å². The highest BCUT2D eigenvalue weighted by Crippen LogP contribution is 2.22. The van der Waals surface area contributed by atoms with Gasteiger partial charge in [0, 0.05) is 13.1 Å². The van der Waals surface area contributed by atoms with Crippen molar-refractivity contribution in [3.05, 3.63) is 31.5 Å². The largest absolute Gasteiger partial charge is 0.444 e. The lowest BCUT2D eigenvalue weighted by atomic mass is 10.2. The molecule has 1 aliphatic heterocycles. The third-order valence-corrected chi connectivity index (χ3v) is 3.40. The first kappa shape index (κ1) is 14.0. The van der Waals surface area contributed by atoms with Crippen LogP contribution in [0, 0.1) is 0 Å². The molecule has 1 aromatic rings. The molecule has 1 aliphatic rings. The SMILES string of the molecule is CC(=O)OCn1cc(Br)c(=O)n([C@@H](C)C2CO2)c1=O. The molecule has 0 N–H and O–H groups in total. The van der Waals surface area contributed by atoms with Crippen LogP contribution >= 0.6 is 15.9 Å². The molecule has 0 radical (unpaired) electrons. The number of nitrogens with zero attached hydrogens (tertiary/aromatic N) is 2. The predicted octanol–water partition coefficient (Wildman–Crippen LogP) is 0.253. The molecule has 2 heterocycles. The predicted molar refractivity (Wildman–Crippen MR) is 68.9 cm³/mol. The second kappa shape index (κ2) is 5.30. The lowest BCUT2D eigenvalue weighted by Crippen LogP contribution is -2.43. The molecular weight excluding hydrogens is 320 g/mol. The van der Waals surface area contributed by atoms with Crippen molar-refractivity contribution in [1.29, 1.82) is 0 Å². The van der Waals surface area contributed by atoms with E-state index in [1.165, 1.54) is 13.1 Å². The number of ether oxygens (including phenoxy) is 2. The topological polar surface area (TPSA) is 82.8 Å². The number of halogens is 1. The van der Waals surface area contributed by atoms with E-state index in [1.54, 1.807) is 6.92 Å². The summed E-state index contributed by atoms with van der Waals surface area (Å²) in [7, 11) is 0. The van der Waals surface area contributed by atoms with E-state index in [1.807, 2.05) is 0 Å². The molecule has 1 aromatic heterocycles. The number of aromatic nitrogens is 2. The van der Waals surface area contributed by atoms with E-state index < -0.39 is 17.2 Å². The van der Waals surface area contributed by atoms with Crippen molar-refractivity contribution in [2.45, 2.75) is 32.7 Å². The van der Waals surface area contributed by atoms with Gasteiger partial charge in [-0.25, -0.2) is 4.79 Å². The van der Waals surface area contributed by atoms with Crippen LogP contribution in [0.3, 0.4) is 0 Å². The molecule has 1 saturated heterocycles. The minimum atomic E-state index is -0.530. The number of rotatable bonds is 4. The Hall–Kier alpha value is -1.41. The van der Waals surface area contributed by atoms with Crippen LogP contribution < -0.4 is 11.2 Å². The van der Waals surface area contributed by atoms with Crippen LogP contribution in [-0.4, -0.2) is 27.8 Å². The Balaban J connectivity index is 2.43. The molecular formula is C11H13BrN2O5. The Morgan fingerprint density at radius 2 is 2.26 bits per heavy atom. The maximum atomic E-state index is 12.2. The molecule has 0 amide bonds. The summed E-state index contributed by atoms with van der Waals surface area (Å²) in [6, 6.07) is -0.360. The van der Waals surface area contributed by atoms with E-state index >= 15 is 0 Å². The zero-order valence-electron chi connectivity index (χ0n) is 10.5. The zero-order valence-corrected chi connectivity index (χ0v) is 12.0. The highest BCUT2D eigenvalue weighted by Gasteiger charge is 2.33. The summed E-state index contributed by atoms with van der Waals surface area (Å²) in [6.45, 7) is 3.29. The van der Waals surface area contributed by atoms with Crippen LogP contribution in [0.25, 0.3) is 0 Å². The summed E-state index contributed by atoms with van der Waals surface area (Å²) in [5, 5.41) is 0. The quantitative estimate of drug-likeness (QED) is 0.583. The van der Waals surface area contributed by atoms with Crippen molar-refractivity contribution in [1.82, 2.24) is 9.13 Å². The molecule has 0 aromatic carbocycles. The Labute approximate surface area is 116 Å². The smallest absolute Gasteiger partial charge is 0.334 e. The molecule has 7 nitrogen and oxygen atoms in total. The maximum Gasteiger partial charge on any atom is 0.334 e. The molecule has 1 fully saturated rings. The average Bonchev–Trinajstić information content (AvgIpc) is 3.16. The number of hydrogen-bond donors (Lipinski definition) is 0. The van der Waals surface area contributed by atoms with Crippen LogP contribution in [0.4, 0.5) is 0 Å². The first-order chi connectivity index (χ1) is 8.91. The number of epoxide rings is 1. The minimum Gasteiger partial charge on any atom is -0.444 e. The number of carbonyl (C=O) groups is 1. The Morgan fingerprint density at radius 1 is 1.63 bits per heavy atom. The van der Waals surface area contributed by atoms with Crippen LogP contribution in [0.1, 0.15) is 19.9 Å². The summed E-state index contributed by atoms with van der Waals surface area (Å²) >= 11 is 3.10. The van der Waals surface area contributed by atoms with E-state index in [2.05, 4.69) is 15.9 Å². The summed E-state index contributed by atoms with van der Waals surface area (Å²) in [5.41, 5.74) is -0.954. The van der Waals surface area contributed by atoms with Gasteiger partial charge in [-0.2, -0.15) is 0 Å². The monoisotopic (exact) mass is 332 g/mol. The van der Waals surface area contributed by atoms with Gasteiger partial charge in [-0.05, 0) is 22.9 Å². The lowest BCUT2D eigenvalue weighted by Gasteiger charge is -2.15. The molecule has 1 unspecified atom stereocenters. The second-order valence-electron chi connectivity index (χ2n) is 4.28. The van der Waals surface area contributed by atoms with Gasteiger partial charge in [-0.1, -0.05) is 0 Å². The van der Waals surface area contributed by atoms with Gasteiger partial charge in [-0.15, -0.1) is 0 Å². The molecule has 0 saturated carbocycles. The molecule has 19 heavy (non-hydrogen) atoms. The summed E-state index contributed by atoms with van der Waals surface area (Å²) in [5.74, 6) is -0.501. The Kier molecular flexibility index (Phi) is 3.91.